The van der Waals surface area contributed by atoms with Crippen molar-refractivity contribution < 1.29 is 19.0 Å². The van der Waals surface area contributed by atoms with E-state index in [0.717, 1.165) is 4.88 Å². The number of esters is 1. The van der Waals surface area contributed by atoms with Crippen LogP contribution in [0.15, 0.2) is 56.8 Å². The van der Waals surface area contributed by atoms with Gasteiger partial charge in [0.05, 0.1) is 36.6 Å². The molecule has 0 saturated carbocycles. The summed E-state index contributed by atoms with van der Waals surface area (Å²) < 4.78 is 18.1. The quantitative estimate of drug-likeness (QED) is 0.518. The van der Waals surface area contributed by atoms with Crippen molar-refractivity contribution in [2.24, 2.45) is 4.99 Å². The summed E-state index contributed by atoms with van der Waals surface area (Å²) in [6, 6.07) is 8.62. The SMILES string of the molecule is CCOC(=O)C1=C(C)N=c2s/c(=C/c3cc(OC)ccc3OC)c(=O)n2C1c1cccs1. The van der Waals surface area contributed by atoms with Gasteiger partial charge in [0, 0.05) is 10.4 Å². The van der Waals surface area contributed by atoms with Gasteiger partial charge in [-0.15, -0.1) is 11.3 Å². The van der Waals surface area contributed by atoms with Crippen LogP contribution in [0.3, 0.4) is 0 Å². The van der Waals surface area contributed by atoms with Crippen molar-refractivity contribution in [1.82, 2.24) is 4.57 Å². The Morgan fingerprint density at radius 2 is 2.06 bits per heavy atom. The first kappa shape index (κ1) is 22.0. The third-order valence-electron chi connectivity index (χ3n) is 5.05. The van der Waals surface area contributed by atoms with E-state index in [-0.39, 0.29) is 12.2 Å². The second-order valence-corrected chi connectivity index (χ2v) is 8.91. The zero-order chi connectivity index (χ0) is 22.8. The van der Waals surface area contributed by atoms with E-state index in [2.05, 4.69) is 4.99 Å². The third-order valence-corrected chi connectivity index (χ3v) is 6.96. The zero-order valence-corrected chi connectivity index (χ0v) is 19.7. The van der Waals surface area contributed by atoms with E-state index < -0.39 is 12.0 Å². The van der Waals surface area contributed by atoms with Crippen LogP contribution in [0.1, 0.15) is 30.3 Å². The number of hydrogen-bond donors (Lipinski definition) is 0. The van der Waals surface area contributed by atoms with Crippen molar-refractivity contribution in [1.29, 1.82) is 0 Å². The number of benzene rings is 1. The van der Waals surface area contributed by atoms with Gasteiger partial charge in [-0.1, -0.05) is 17.4 Å². The molecule has 4 rings (SSSR count). The number of hydrogen-bond acceptors (Lipinski definition) is 8. The van der Waals surface area contributed by atoms with Crippen LogP contribution < -0.4 is 24.4 Å². The molecule has 0 aliphatic carbocycles. The number of thiophene rings is 1. The van der Waals surface area contributed by atoms with Gasteiger partial charge in [-0.2, -0.15) is 0 Å². The minimum Gasteiger partial charge on any atom is -0.497 e. The fourth-order valence-corrected chi connectivity index (χ4v) is 5.46. The van der Waals surface area contributed by atoms with Crippen LogP contribution in [0.5, 0.6) is 11.5 Å². The molecule has 1 atom stereocenters. The molecule has 1 unspecified atom stereocenters. The first-order valence-electron chi connectivity index (χ1n) is 9.93. The highest BCUT2D eigenvalue weighted by atomic mass is 32.1. The predicted molar refractivity (Wildman–Crippen MR) is 124 cm³/mol. The number of thiazole rings is 1. The minimum atomic E-state index is -0.584. The smallest absolute Gasteiger partial charge is 0.338 e. The lowest BCUT2D eigenvalue weighted by atomic mass is 10.0. The lowest BCUT2D eigenvalue weighted by Crippen LogP contribution is -2.39. The van der Waals surface area contributed by atoms with Crippen LogP contribution in [0.4, 0.5) is 0 Å². The van der Waals surface area contributed by atoms with Gasteiger partial charge in [0.1, 0.15) is 17.5 Å². The van der Waals surface area contributed by atoms with Crippen LogP contribution in [0.2, 0.25) is 0 Å². The average Bonchev–Trinajstić information content (AvgIpc) is 3.41. The maximum atomic E-state index is 13.6. The molecule has 3 aromatic rings. The Hall–Kier alpha value is -3.17. The normalized spacial score (nSPS) is 15.9. The van der Waals surface area contributed by atoms with Gasteiger partial charge in [-0.3, -0.25) is 9.36 Å². The van der Waals surface area contributed by atoms with Crippen molar-refractivity contribution in [3.05, 3.63) is 77.1 Å². The molecule has 0 amide bonds. The number of carbonyl (C=O) groups is 1. The molecule has 32 heavy (non-hydrogen) atoms. The highest BCUT2D eigenvalue weighted by molar-refractivity contribution is 7.10. The minimum absolute atomic E-state index is 0.230. The van der Waals surface area contributed by atoms with Crippen molar-refractivity contribution in [2.45, 2.75) is 19.9 Å². The number of ether oxygens (including phenoxy) is 3. The van der Waals surface area contributed by atoms with E-state index in [1.807, 2.05) is 23.6 Å². The number of carbonyl (C=O) groups excluding carboxylic acids is 1. The van der Waals surface area contributed by atoms with Crippen molar-refractivity contribution >= 4 is 34.7 Å². The molecule has 1 aliphatic rings. The molecule has 0 fully saturated rings. The van der Waals surface area contributed by atoms with Gasteiger partial charge in [0.15, 0.2) is 4.80 Å². The van der Waals surface area contributed by atoms with E-state index >= 15 is 0 Å². The summed E-state index contributed by atoms with van der Waals surface area (Å²) in [6.07, 6.45) is 1.76. The third kappa shape index (κ3) is 3.89. The zero-order valence-electron chi connectivity index (χ0n) is 18.1. The Labute approximate surface area is 192 Å². The number of rotatable bonds is 6. The molecule has 0 saturated heterocycles. The van der Waals surface area contributed by atoms with Gasteiger partial charge >= 0.3 is 5.97 Å². The van der Waals surface area contributed by atoms with Gasteiger partial charge in [-0.05, 0) is 49.6 Å². The van der Waals surface area contributed by atoms with E-state index in [0.29, 0.717) is 37.7 Å². The second-order valence-electron chi connectivity index (χ2n) is 6.93. The number of nitrogens with zero attached hydrogens (tertiary/aromatic N) is 2. The Bertz CT molecular complexity index is 1370. The molecule has 2 aromatic heterocycles. The Kier molecular flexibility index (Phi) is 6.29. The topological polar surface area (TPSA) is 79.1 Å². The van der Waals surface area contributed by atoms with E-state index in [4.69, 9.17) is 14.2 Å². The van der Waals surface area contributed by atoms with Crippen molar-refractivity contribution in [3.8, 4) is 11.5 Å². The number of aromatic nitrogens is 1. The molecule has 1 aliphatic heterocycles. The first-order valence-corrected chi connectivity index (χ1v) is 11.6. The molecule has 0 spiro atoms. The lowest BCUT2D eigenvalue weighted by molar-refractivity contribution is -0.139. The Morgan fingerprint density at radius 1 is 1.25 bits per heavy atom. The molecule has 0 radical (unpaired) electrons. The second kappa shape index (κ2) is 9.13. The summed E-state index contributed by atoms with van der Waals surface area (Å²) in [7, 11) is 3.16. The highest BCUT2D eigenvalue weighted by Gasteiger charge is 2.33. The van der Waals surface area contributed by atoms with Gasteiger partial charge < -0.3 is 14.2 Å². The summed E-state index contributed by atoms with van der Waals surface area (Å²) in [5.74, 6) is 0.812. The van der Waals surface area contributed by atoms with E-state index in [1.165, 1.54) is 22.7 Å². The predicted octanol–water partition coefficient (Wildman–Crippen LogP) is 2.88. The van der Waals surface area contributed by atoms with Crippen molar-refractivity contribution in [2.75, 3.05) is 20.8 Å². The van der Waals surface area contributed by atoms with Crippen LogP contribution in [0.25, 0.3) is 6.08 Å². The molecular weight excluding hydrogens is 448 g/mol. The lowest BCUT2D eigenvalue weighted by Gasteiger charge is -2.23. The summed E-state index contributed by atoms with van der Waals surface area (Å²) >= 11 is 2.75. The molecule has 7 nitrogen and oxygen atoms in total. The largest absolute Gasteiger partial charge is 0.497 e. The first-order chi connectivity index (χ1) is 15.5. The van der Waals surface area contributed by atoms with E-state index in [1.54, 1.807) is 50.8 Å². The molecule has 9 heteroatoms. The van der Waals surface area contributed by atoms with E-state index in [9.17, 15) is 9.59 Å². The Morgan fingerprint density at radius 3 is 2.72 bits per heavy atom. The standard InChI is InChI=1S/C23H22N2O5S2/c1-5-30-22(27)19-13(2)24-23-25(20(19)17-7-6-10-31-17)21(26)18(32-23)12-14-11-15(28-3)8-9-16(14)29-4/h6-12,20H,5H2,1-4H3/b18-12+. The Balaban J connectivity index is 1.95. The average molecular weight is 471 g/mol. The molecule has 0 bridgehead atoms. The van der Waals surface area contributed by atoms with Crippen molar-refractivity contribution in [3.63, 3.8) is 0 Å². The summed E-state index contributed by atoms with van der Waals surface area (Å²) in [4.78, 5) is 32.3. The maximum Gasteiger partial charge on any atom is 0.338 e. The number of allylic oxidation sites excluding steroid dienone is 1. The summed E-state index contributed by atoms with van der Waals surface area (Å²) in [5.41, 5.74) is 1.42. The van der Waals surface area contributed by atoms with Crippen LogP contribution in [0, 0.1) is 0 Å². The summed E-state index contributed by atoms with van der Waals surface area (Å²) in [5, 5.41) is 1.92. The molecule has 166 valence electrons. The fourth-order valence-electron chi connectivity index (χ4n) is 3.60. The summed E-state index contributed by atoms with van der Waals surface area (Å²) in [6.45, 7) is 3.77. The highest BCUT2D eigenvalue weighted by Crippen LogP contribution is 2.33. The molecule has 0 N–H and O–H groups in total. The van der Waals surface area contributed by atoms with Crippen LogP contribution in [-0.2, 0) is 9.53 Å². The fraction of sp³-hybridized carbons (Fsp3) is 0.261. The van der Waals surface area contributed by atoms with Gasteiger partial charge in [0.25, 0.3) is 5.56 Å². The molecule has 1 aromatic carbocycles. The van der Waals surface area contributed by atoms with Gasteiger partial charge in [-0.25, -0.2) is 9.79 Å². The maximum absolute atomic E-state index is 13.6. The number of methoxy groups -OCH3 is 2. The van der Waals surface area contributed by atoms with Crippen LogP contribution >= 0.6 is 22.7 Å². The van der Waals surface area contributed by atoms with Gasteiger partial charge in [0.2, 0.25) is 0 Å². The number of fused-ring (bicyclic) bond motifs is 1. The molecule has 3 heterocycles. The van der Waals surface area contributed by atoms with Crippen LogP contribution in [-0.4, -0.2) is 31.4 Å². The monoisotopic (exact) mass is 470 g/mol. The molecular formula is C23H22N2O5S2.